The van der Waals surface area contributed by atoms with Crippen molar-refractivity contribution in [3.8, 4) is 0 Å². The molecule has 0 spiro atoms. The first-order valence-electron chi connectivity index (χ1n) is 5.65. The maximum Gasteiger partial charge on any atom is 0.185 e. The maximum absolute atomic E-state index is 4.78. The summed E-state index contributed by atoms with van der Waals surface area (Å²) in [7, 11) is 0. The second kappa shape index (κ2) is 4.74. The van der Waals surface area contributed by atoms with Crippen LogP contribution < -0.4 is 4.90 Å². The molecule has 2 rings (SSSR count). The van der Waals surface area contributed by atoms with E-state index in [1.54, 1.807) is 0 Å². The molecule has 1 aromatic heterocycles. The number of rotatable bonds is 5. The molecule has 4 heteroatoms. The molecule has 0 atom stereocenters. The van der Waals surface area contributed by atoms with Crippen molar-refractivity contribution in [2.75, 3.05) is 18.0 Å². The number of thiol groups is 1. The number of aromatic nitrogens is 1. The average Bonchev–Trinajstić information content (AvgIpc) is 3.01. The topological polar surface area (TPSA) is 16.1 Å². The van der Waals surface area contributed by atoms with Gasteiger partial charge in [-0.25, -0.2) is 4.98 Å². The lowest BCUT2D eigenvalue weighted by molar-refractivity contribution is 0.852. The zero-order chi connectivity index (χ0) is 10.8. The van der Waals surface area contributed by atoms with Crippen molar-refractivity contribution in [1.82, 2.24) is 4.98 Å². The largest absolute Gasteiger partial charge is 0.349 e. The van der Waals surface area contributed by atoms with Gasteiger partial charge in [-0.05, 0) is 26.7 Å². The quantitative estimate of drug-likeness (QED) is 0.798. The Morgan fingerprint density at radius 1 is 1.40 bits per heavy atom. The molecule has 2 nitrogen and oxygen atoms in total. The van der Waals surface area contributed by atoms with Crippen LogP contribution in [-0.4, -0.2) is 18.1 Å². The van der Waals surface area contributed by atoms with Crippen LogP contribution in [0.15, 0.2) is 0 Å². The molecule has 0 unspecified atom stereocenters. The number of thiazole rings is 1. The van der Waals surface area contributed by atoms with E-state index in [1.807, 2.05) is 11.3 Å². The molecular weight excluding hydrogens is 224 g/mol. The fraction of sp³-hybridized carbons (Fsp3) is 0.727. The third-order valence-corrected chi connectivity index (χ3v) is 4.52. The fourth-order valence-electron chi connectivity index (χ4n) is 1.77. The number of hydrogen-bond acceptors (Lipinski definition) is 4. The van der Waals surface area contributed by atoms with E-state index >= 15 is 0 Å². The third-order valence-electron chi connectivity index (χ3n) is 2.86. The Bertz CT molecular complexity index is 327. The van der Waals surface area contributed by atoms with Crippen LogP contribution in [0.5, 0.6) is 0 Å². The Morgan fingerprint density at radius 2 is 2.07 bits per heavy atom. The summed E-state index contributed by atoms with van der Waals surface area (Å²) >= 11 is 6.22. The molecule has 0 bridgehead atoms. The average molecular weight is 242 g/mol. The molecule has 1 fully saturated rings. The van der Waals surface area contributed by atoms with Gasteiger partial charge in [-0.15, -0.1) is 11.3 Å². The predicted octanol–water partition coefficient (Wildman–Crippen LogP) is 3.30. The van der Waals surface area contributed by atoms with E-state index in [0.717, 1.165) is 24.8 Å². The summed E-state index contributed by atoms with van der Waals surface area (Å²) < 4.78 is 0. The van der Waals surface area contributed by atoms with Gasteiger partial charge >= 0.3 is 0 Å². The van der Waals surface area contributed by atoms with Crippen LogP contribution in [0.2, 0.25) is 0 Å². The van der Waals surface area contributed by atoms with Gasteiger partial charge in [-0.2, -0.15) is 12.6 Å². The lowest BCUT2D eigenvalue weighted by Crippen LogP contribution is -2.21. The Hall–Kier alpha value is -0.220. The Kier molecular flexibility index (Phi) is 3.57. The molecule has 0 N–H and O–H groups in total. The second-order valence-corrected chi connectivity index (χ2v) is 5.29. The molecule has 0 radical (unpaired) electrons. The van der Waals surface area contributed by atoms with Crippen molar-refractivity contribution in [3.05, 3.63) is 10.6 Å². The summed E-state index contributed by atoms with van der Waals surface area (Å²) in [5.74, 6) is 1.58. The molecule has 1 heterocycles. The minimum Gasteiger partial charge on any atom is -0.349 e. The highest BCUT2D eigenvalue weighted by molar-refractivity contribution is 7.79. The van der Waals surface area contributed by atoms with E-state index in [0.29, 0.717) is 0 Å². The highest BCUT2D eigenvalue weighted by Gasteiger charge is 2.29. The van der Waals surface area contributed by atoms with Gasteiger partial charge in [0, 0.05) is 29.6 Å². The first-order valence-corrected chi connectivity index (χ1v) is 7.10. The van der Waals surface area contributed by atoms with Crippen LogP contribution in [0.1, 0.15) is 43.2 Å². The minimum absolute atomic E-state index is 0.743. The van der Waals surface area contributed by atoms with Gasteiger partial charge < -0.3 is 4.90 Å². The lowest BCUT2D eigenvalue weighted by atomic mass is 10.3. The summed E-state index contributed by atoms with van der Waals surface area (Å²) in [5.41, 5.74) is 1.33. The van der Waals surface area contributed by atoms with Crippen LogP contribution in [0, 0.1) is 0 Å². The normalized spacial score (nSPS) is 15.7. The van der Waals surface area contributed by atoms with E-state index in [1.165, 1.54) is 28.5 Å². The highest BCUT2D eigenvalue weighted by atomic mass is 32.1. The van der Waals surface area contributed by atoms with Crippen molar-refractivity contribution in [3.63, 3.8) is 0 Å². The van der Waals surface area contributed by atoms with Crippen LogP contribution in [-0.2, 0) is 5.75 Å². The number of nitrogens with zero attached hydrogens (tertiary/aromatic N) is 2. The molecule has 84 valence electrons. The van der Waals surface area contributed by atoms with Gasteiger partial charge in [-0.1, -0.05) is 0 Å². The van der Waals surface area contributed by atoms with Gasteiger partial charge in [-0.3, -0.25) is 0 Å². The van der Waals surface area contributed by atoms with Gasteiger partial charge in [0.2, 0.25) is 0 Å². The van der Waals surface area contributed by atoms with Crippen molar-refractivity contribution in [2.45, 2.75) is 38.4 Å². The van der Waals surface area contributed by atoms with E-state index in [9.17, 15) is 0 Å². The van der Waals surface area contributed by atoms with E-state index < -0.39 is 0 Å². The Labute approximate surface area is 101 Å². The zero-order valence-electron chi connectivity index (χ0n) is 9.36. The van der Waals surface area contributed by atoms with E-state index in [4.69, 9.17) is 4.98 Å². The first-order chi connectivity index (χ1) is 7.30. The van der Waals surface area contributed by atoms with Gasteiger partial charge in [0.1, 0.15) is 0 Å². The molecule has 1 saturated carbocycles. The first kappa shape index (κ1) is 11.3. The van der Waals surface area contributed by atoms with Crippen molar-refractivity contribution < 1.29 is 0 Å². The second-order valence-electron chi connectivity index (χ2n) is 3.91. The molecule has 1 aliphatic carbocycles. The molecule has 1 aromatic rings. The van der Waals surface area contributed by atoms with Crippen LogP contribution >= 0.6 is 24.0 Å². The fourth-order valence-corrected chi connectivity index (χ4v) is 3.26. The smallest absolute Gasteiger partial charge is 0.185 e. The molecule has 0 aromatic carbocycles. The predicted molar refractivity (Wildman–Crippen MR) is 70.3 cm³/mol. The van der Waals surface area contributed by atoms with Crippen molar-refractivity contribution >= 4 is 29.1 Å². The monoisotopic (exact) mass is 242 g/mol. The lowest BCUT2D eigenvalue weighted by Gasteiger charge is -2.16. The minimum atomic E-state index is 0.743. The molecular formula is C11H18N2S2. The standard InChI is InChI=1S/C11H18N2S2/c1-3-13(4-2)11-12-10(8-5-6-8)9(7-14)15-11/h8,14H,3-7H2,1-2H3. The molecule has 0 amide bonds. The number of anilines is 1. The molecule has 0 aliphatic heterocycles. The Morgan fingerprint density at radius 3 is 2.53 bits per heavy atom. The number of hydrogen-bond donors (Lipinski definition) is 1. The summed E-state index contributed by atoms with van der Waals surface area (Å²) in [4.78, 5) is 8.48. The van der Waals surface area contributed by atoms with Crippen LogP contribution in [0.25, 0.3) is 0 Å². The third kappa shape index (κ3) is 2.31. The zero-order valence-corrected chi connectivity index (χ0v) is 11.1. The highest BCUT2D eigenvalue weighted by Crippen LogP contribution is 2.44. The SMILES string of the molecule is CCN(CC)c1nc(C2CC2)c(CS)s1. The maximum atomic E-state index is 4.78. The molecule has 15 heavy (non-hydrogen) atoms. The van der Waals surface area contributed by atoms with E-state index in [-0.39, 0.29) is 0 Å². The van der Waals surface area contributed by atoms with Gasteiger partial charge in [0.15, 0.2) is 5.13 Å². The molecule has 0 saturated heterocycles. The molecule has 1 aliphatic rings. The Balaban J connectivity index is 2.24. The van der Waals surface area contributed by atoms with Crippen LogP contribution in [0.4, 0.5) is 5.13 Å². The van der Waals surface area contributed by atoms with Crippen LogP contribution in [0.3, 0.4) is 0 Å². The summed E-state index contributed by atoms with van der Waals surface area (Å²) in [6, 6.07) is 0. The van der Waals surface area contributed by atoms with Gasteiger partial charge in [0.25, 0.3) is 0 Å². The van der Waals surface area contributed by atoms with Crippen molar-refractivity contribution in [2.24, 2.45) is 0 Å². The van der Waals surface area contributed by atoms with Gasteiger partial charge in [0.05, 0.1) is 5.69 Å². The summed E-state index contributed by atoms with van der Waals surface area (Å²) in [6.45, 7) is 6.45. The summed E-state index contributed by atoms with van der Waals surface area (Å²) in [5, 5.41) is 1.19. The van der Waals surface area contributed by atoms with Crippen molar-refractivity contribution in [1.29, 1.82) is 0 Å². The summed E-state index contributed by atoms with van der Waals surface area (Å²) in [6.07, 6.45) is 2.64. The van der Waals surface area contributed by atoms with E-state index in [2.05, 4.69) is 31.4 Å².